The maximum atomic E-state index is 13.2. The van der Waals surface area contributed by atoms with Crippen LogP contribution in [0.5, 0.6) is 17.2 Å². The lowest BCUT2D eigenvalue weighted by Gasteiger charge is -2.43. The number of methoxy groups -OCH3 is 1. The molecule has 0 unspecified atom stereocenters. The Morgan fingerprint density at radius 1 is 0.973 bits per heavy atom. The number of carbonyl (C=O) groups is 2. The first kappa shape index (κ1) is 27.0. The van der Waals surface area contributed by atoms with Gasteiger partial charge >= 0.3 is 0 Å². The fourth-order valence-corrected chi connectivity index (χ4v) is 4.51. The highest BCUT2D eigenvalue weighted by Crippen LogP contribution is 2.29. The Bertz CT molecular complexity index is 1090. The summed E-state index contributed by atoms with van der Waals surface area (Å²) in [5.74, 6) is 1.39. The van der Waals surface area contributed by atoms with Crippen LogP contribution in [0.15, 0.2) is 42.5 Å². The van der Waals surface area contributed by atoms with E-state index in [0.29, 0.717) is 55.1 Å². The van der Waals surface area contributed by atoms with Gasteiger partial charge in [-0.05, 0) is 42.8 Å². The lowest BCUT2D eigenvalue weighted by Crippen LogP contribution is -2.59. The second-order valence-electron chi connectivity index (χ2n) is 9.16. The third kappa shape index (κ3) is 7.06. The molecule has 0 saturated carbocycles. The minimum Gasteiger partial charge on any atom is -0.493 e. The average Bonchev–Trinajstić information content (AvgIpc) is 2.93. The molecule has 2 heterocycles. The Hall–Kier alpha value is -3.01. The Labute approximate surface area is 222 Å². The zero-order valence-electron chi connectivity index (χ0n) is 21.2. The summed E-state index contributed by atoms with van der Waals surface area (Å²) in [5, 5.41) is 0.644. The molecule has 9 nitrogen and oxygen atoms in total. The van der Waals surface area contributed by atoms with Gasteiger partial charge < -0.3 is 33.5 Å². The number of morpholine rings is 2. The quantitative estimate of drug-likeness (QED) is 0.491. The number of aryl methyl sites for hydroxylation is 1. The molecule has 0 aliphatic carbocycles. The van der Waals surface area contributed by atoms with E-state index < -0.39 is 5.60 Å². The van der Waals surface area contributed by atoms with Gasteiger partial charge in [0.25, 0.3) is 5.91 Å². The van der Waals surface area contributed by atoms with Gasteiger partial charge in [-0.1, -0.05) is 23.7 Å². The Kier molecular flexibility index (Phi) is 9.13. The van der Waals surface area contributed by atoms with E-state index in [4.69, 9.17) is 35.3 Å². The predicted octanol–water partition coefficient (Wildman–Crippen LogP) is 2.96. The Morgan fingerprint density at radius 3 is 2.43 bits per heavy atom. The van der Waals surface area contributed by atoms with E-state index in [1.165, 1.54) is 0 Å². The SMILES string of the molecule is COc1ccccc1OCC(=O)N1CCO[C@@](COc2ccc(Cl)c(C)c2)(CC(=O)N2CCOCC2)C1. The van der Waals surface area contributed by atoms with Crippen LogP contribution in [0.2, 0.25) is 5.02 Å². The highest BCUT2D eigenvalue weighted by molar-refractivity contribution is 6.31. The van der Waals surface area contributed by atoms with Crippen LogP contribution in [0, 0.1) is 6.92 Å². The second kappa shape index (κ2) is 12.5. The zero-order chi connectivity index (χ0) is 26.3. The molecule has 2 fully saturated rings. The number of amides is 2. The summed E-state index contributed by atoms with van der Waals surface area (Å²) in [5.41, 5.74) is -0.131. The molecular formula is C27H33ClN2O7. The van der Waals surface area contributed by atoms with Gasteiger partial charge in [0.1, 0.15) is 18.0 Å². The molecule has 0 N–H and O–H groups in total. The number of hydrogen-bond acceptors (Lipinski definition) is 7. The molecule has 0 bridgehead atoms. The highest BCUT2D eigenvalue weighted by Gasteiger charge is 2.42. The smallest absolute Gasteiger partial charge is 0.260 e. The van der Waals surface area contributed by atoms with Crippen LogP contribution in [0.1, 0.15) is 12.0 Å². The van der Waals surface area contributed by atoms with E-state index in [1.807, 2.05) is 25.1 Å². The lowest BCUT2D eigenvalue weighted by molar-refractivity contribution is -0.168. The molecule has 0 radical (unpaired) electrons. The number of para-hydroxylation sites is 2. The molecule has 2 amide bonds. The first-order chi connectivity index (χ1) is 17.9. The number of carbonyl (C=O) groups excluding carboxylic acids is 2. The van der Waals surface area contributed by atoms with E-state index >= 15 is 0 Å². The van der Waals surface area contributed by atoms with Crippen LogP contribution in [0.4, 0.5) is 0 Å². The molecule has 0 aromatic heterocycles. The van der Waals surface area contributed by atoms with Crippen molar-refractivity contribution in [3.8, 4) is 17.2 Å². The first-order valence-corrected chi connectivity index (χ1v) is 12.7. The van der Waals surface area contributed by atoms with Gasteiger partial charge in [-0.15, -0.1) is 0 Å². The molecule has 2 aromatic rings. The fourth-order valence-electron chi connectivity index (χ4n) is 4.39. The summed E-state index contributed by atoms with van der Waals surface area (Å²) in [4.78, 5) is 29.8. The zero-order valence-corrected chi connectivity index (χ0v) is 22.0. The van der Waals surface area contributed by atoms with Crippen molar-refractivity contribution >= 4 is 23.4 Å². The molecule has 37 heavy (non-hydrogen) atoms. The second-order valence-corrected chi connectivity index (χ2v) is 9.56. The number of benzene rings is 2. The van der Waals surface area contributed by atoms with Gasteiger partial charge in [0, 0.05) is 24.7 Å². The van der Waals surface area contributed by atoms with Gasteiger partial charge in [0.15, 0.2) is 18.1 Å². The topological polar surface area (TPSA) is 86.8 Å². The number of rotatable bonds is 9. The van der Waals surface area contributed by atoms with Crippen LogP contribution in [-0.2, 0) is 19.1 Å². The summed E-state index contributed by atoms with van der Waals surface area (Å²) < 4.78 is 28.7. The summed E-state index contributed by atoms with van der Waals surface area (Å²) in [6.45, 7) is 4.77. The van der Waals surface area contributed by atoms with Crippen LogP contribution < -0.4 is 14.2 Å². The van der Waals surface area contributed by atoms with Gasteiger partial charge in [-0.25, -0.2) is 0 Å². The number of ether oxygens (including phenoxy) is 5. The van der Waals surface area contributed by atoms with E-state index in [2.05, 4.69) is 0 Å². The van der Waals surface area contributed by atoms with Crippen molar-refractivity contribution in [2.75, 3.05) is 66.3 Å². The van der Waals surface area contributed by atoms with Crippen LogP contribution in [0.3, 0.4) is 0 Å². The maximum Gasteiger partial charge on any atom is 0.260 e. The van der Waals surface area contributed by atoms with E-state index in [-0.39, 0.29) is 44.6 Å². The molecule has 1 atom stereocenters. The number of hydrogen-bond donors (Lipinski definition) is 0. The number of nitrogens with zero attached hydrogens (tertiary/aromatic N) is 2. The van der Waals surface area contributed by atoms with E-state index in [0.717, 1.165) is 5.56 Å². The van der Waals surface area contributed by atoms with Gasteiger partial charge in [0.05, 0.1) is 39.9 Å². The molecule has 0 spiro atoms. The fraction of sp³-hybridized carbons (Fsp3) is 0.481. The molecule has 2 saturated heterocycles. The van der Waals surface area contributed by atoms with Gasteiger partial charge in [-0.2, -0.15) is 0 Å². The van der Waals surface area contributed by atoms with Crippen molar-refractivity contribution in [1.82, 2.24) is 9.80 Å². The molecule has 2 aromatic carbocycles. The summed E-state index contributed by atoms with van der Waals surface area (Å²) in [7, 11) is 1.55. The lowest BCUT2D eigenvalue weighted by atomic mass is 9.96. The summed E-state index contributed by atoms with van der Waals surface area (Å²) >= 11 is 6.15. The first-order valence-electron chi connectivity index (χ1n) is 12.3. The van der Waals surface area contributed by atoms with Crippen molar-refractivity contribution in [2.24, 2.45) is 0 Å². The Morgan fingerprint density at radius 2 is 1.70 bits per heavy atom. The third-order valence-electron chi connectivity index (χ3n) is 6.49. The van der Waals surface area contributed by atoms with E-state index in [9.17, 15) is 9.59 Å². The normalized spacial score (nSPS) is 19.9. The molecule has 2 aliphatic heterocycles. The predicted molar refractivity (Wildman–Crippen MR) is 137 cm³/mol. The van der Waals surface area contributed by atoms with Gasteiger partial charge in [0.2, 0.25) is 5.91 Å². The summed E-state index contributed by atoms with van der Waals surface area (Å²) in [6, 6.07) is 12.6. The van der Waals surface area contributed by atoms with Crippen LogP contribution in [-0.4, -0.2) is 93.5 Å². The molecule has 10 heteroatoms. The largest absolute Gasteiger partial charge is 0.493 e. The van der Waals surface area contributed by atoms with Crippen molar-refractivity contribution in [3.63, 3.8) is 0 Å². The highest BCUT2D eigenvalue weighted by atomic mass is 35.5. The molecule has 4 rings (SSSR count). The summed E-state index contributed by atoms with van der Waals surface area (Å²) in [6.07, 6.45) is 0.0801. The van der Waals surface area contributed by atoms with E-state index in [1.54, 1.807) is 41.2 Å². The van der Waals surface area contributed by atoms with Crippen molar-refractivity contribution in [1.29, 1.82) is 0 Å². The minimum absolute atomic E-state index is 0.0567. The molecule has 2 aliphatic rings. The minimum atomic E-state index is -1.01. The van der Waals surface area contributed by atoms with Crippen molar-refractivity contribution in [2.45, 2.75) is 18.9 Å². The molecular weight excluding hydrogens is 500 g/mol. The van der Waals surface area contributed by atoms with Crippen LogP contribution >= 0.6 is 11.6 Å². The standard InChI is InChI=1S/C27H33ClN2O7/c1-20-15-21(7-8-22(20)28)36-19-27(16-25(31)29-9-12-34-13-10-29)18-30(11-14-37-27)26(32)17-35-24-6-4-3-5-23(24)33-2/h3-8,15H,9-14,16-19H2,1-2H3/t27-/m0/s1. The number of halogens is 1. The van der Waals surface area contributed by atoms with Gasteiger partial charge in [-0.3, -0.25) is 9.59 Å². The maximum absolute atomic E-state index is 13.2. The monoisotopic (exact) mass is 532 g/mol. The van der Waals surface area contributed by atoms with Crippen LogP contribution in [0.25, 0.3) is 0 Å². The van der Waals surface area contributed by atoms with Crippen molar-refractivity contribution in [3.05, 3.63) is 53.1 Å². The Balaban J connectivity index is 1.46. The third-order valence-corrected chi connectivity index (χ3v) is 6.91. The van der Waals surface area contributed by atoms with Crippen molar-refractivity contribution < 1.29 is 33.3 Å². The molecule has 200 valence electrons. The average molecular weight is 533 g/mol.